The van der Waals surface area contributed by atoms with E-state index in [0.717, 1.165) is 43.3 Å². The molecule has 1 unspecified atom stereocenters. The molecule has 0 saturated carbocycles. The van der Waals surface area contributed by atoms with E-state index in [9.17, 15) is 18.5 Å². The molecule has 13 nitrogen and oxygen atoms in total. The molecule has 4 heterocycles. The summed E-state index contributed by atoms with van der Waals surface area (Å²) in [5.74, 6) is -0.774. The van der Waals surface area contributed by atoms with E-state index in [2.05, 4.69) is 27.9 Å². The minimum atomic E-state index is -4.63. The first-order chi connectivity index (χ1) is 24.1. The van der Waals surface area contributed by atoms with Crippen LogP contribution in [-0.2, 0) is 20.4 Å². The maximum absolute atomic E-state index is 15.4. The van der Waals surface area contributed by atoms with Crippen LogP contribution < -0.4 is 13.8 Å². The predicted octanol–water partition coefficient (Wildman–Crippen LogP) is 3.49. The lowest BCUT2D eigenvalue weighted by molar-refractivity contribution is -0.125. The van der Waals surface area contributed by atoms with Gasteiger partial charge in [-0.1, -0.05) is 12.1 Å². The number of piperidine rings is 1. The summed E-state index contributed by atoms with van der Waals surface area (Å²) in [7, 11) is -1.01. The van der Waals surface area contributed by atoms with Crippen LogP contribution in [-0.4, -0.2) is 118 Å². The minimum absolute atomic E-state index is 0.0139. The van der Waals surface area contributed by atoms with Gasteiger partial charge in [0.2, 0.25) is 5.88 Å². The number of amides is 3. The number of fused-ring (bicyclic) bond motifs is 1. The second kappa shape index (κ2) is 14.3. The number of likely N-dealkylation sites (N-methyl/N-ethyl adjacent to an activating group) is 2. The largest absolute Gasteiger partial charge is 0.492 e. The molecule has 264 valence electrons. The molecular formula is C36H43N7O6S. The highest BCUT2D eigenvalue weighted by atomic mass is 32.2. The number of sulfonamides is 1. The number of nitriles is 1. The monoisotopic (exact) mass is 701 g/mol. The van der Waals surface area contributed by atoms with Crippen LogP contribution >= 0.6 is 0 Å². The smallest absolute Gasteiger partial charge is 0.321 e. The number of para-hydroxylation sites is 1. The Kier molecular flexibility index (Phi) is 10.0. The van der Waals surface area contributed by atoms with Crippen LogP contribution in [0.4, 0.5) is 10.5 Å². The normalized spacial score (nSPS) is 20.3. The van der Waals surface area contributed by atoms with Crippen LogP contribution in [0, 0.1) is 11.3 Å². The van der Waals surface area contributed by atoms with Gasteiger partial charge in [0.05, 0.1) is 36.1 Å². The molecule has 3 aromatic rings. The molecule has 1 aromatic heterocycles. The average molecular weight is 702 g/mol. The number of benzene rings is 2. The van der Waals surface area contributed by atoms with Gasteiger partial charge in [-0.25, -0.2) is 18.2 Å². The van der Waals surface area contributed by atoms with Gasteiger partial charge >= 0.3 is 6.03 Å². The number of ether oxygens (including phenoxy) is 2. The number of aromatic nitrogens is 1. The Morgan fingerprint density at radius 3 is 2.36 bits per heavy atom. The number of carbonyl (C=O) groups excluding carboxylic acids is 2. The lowest BCUT2D eigenvalue weighted by atomic mass is 9.82. The Hall–Kier alpha value is -4.71. The molecular weight excluding hydrogens is 659 g/mol. The highest BCUT2D eigenvalue weighted by Gasteiger charge is 2.62. The number of likely N-dealkylation sites (tertiary alicyclic amines) is 1. The molecule has 6 rings (SSSR count). The Labute approximate surface area is 293 Å². The van der Waals surface area contributed by atoms with Crippen LogP contribution in [0.2, 0.25) is 0 Å². The second-order valence-electron chi connectivity index (χ2n) is 12.7. The number of hydrogen-bond acceptors (Lipinski definition) is 10. The third-order valence-electron chi connectivity index (χ3n) is 9.92. The fourth-order valence-corrected chi connectivity index (χ4v) is 8.96. The van der Waals surface area contributed by atoms with Crippen molar-refractivity contribution >= 4 is 27.6 Å². The van der Waals surface area contributed by atoms with Gasteiger partial charge in [0.25, 0.3) is 15.9 Å². The zero-order chi connectivity index (χ0) is 35.6. The molecule has 3 amide bonds. The zero-order valence-corrected chi connectivity index (χ0v) is 29.7. The van der Waals surface area contributed by atoms with Crippen LogP contribution in [0.25, 0.3) is 0 Å². The van der Waals surface area contributed by atoms with Gasteiger partial charge in [0, 0.05) is 64.1 Å². The van der Waals surface area contributed by atoms with E-state index >= 15 is 4.79 Å². The number of urea groups is 1. The summed E-state index contributed by atoms with van der Waals surface area (Å²) in [6, 6.07) is 15.7. The summed E-state index contributed by atoms with van der Waals surface area (Å²) in [6.45, 7) is 8.77. The van der Waals surface area contributed by atoms with E-state index in [1.165, 1.54) is 48.5 Å². The quantitative estimate of drug-likeness (QED) is 0.326. The SMILES string of the molecule is CCOc1ccccc1S(=O)(=O)N1C(=O)C(c2cccnc2OCC)(N(C)C(=O)N2CCC(N3CCN(C)CC3)CC2)c2cc(C#N)ccc21. The summed E-state index contributed by atoms with van der Waals surface area (Å²) >= 11 is 0. The molecule has 14 heteroatoms. The average Bonchev–Trinajstić information content (AvgIpc) is 3.40. The molecule has 0 aliphatic carbocycles. The van der Waals surface area contributed by atoms with Crippen molar-refractivity contribution in [1.29, 1.82) is 5.26 Å². The van der Waals surface area contributed by atoms with Gasteiger partial charge in [0.1, 0.15) is 10.6 Å². The van der Waals surface area contributed by atoms with Crippen LogP contribution in [0.15, 0.2) is 65.7 Å². The Balaban J connectivity index is 1.48. The third kappa shape index (κ3) is 5.93. The molecule has 0 N–H and O–H groups in total. The molecule has 50 heavy (non-hydrogen) atoms. The Bertz CT molecular complexity index is 1900. The standard InChI is InChI=1S/C36H43N7O6S/c1-5-48-31-11-7-8-12-32(31)50(46,47)43-30-14-13-26(25-37)24-29(30)36(34(43)44,28-10-9-17-38-33(28)49-6-2)40(4)35(45)42-18-15-27(16-19-42)41-22-20-39(3)21-23-41/h7-14,17,24,27H,5-6,15-16,18-23H2,1-4H3. The van der Waals surface area contributed by atoms with Crippen molar-refractivity contribution in [3.8, 4) is 17.7 Å². The van der Waals surface area contributed by atoms with Gasteiger partial charge in [-0.05, 0) is 76.2 Å². The van der Waals surface area contributed by atoms with Crippen LogP contribution in [0.3, 0.4) is 0 Å². The van der Waals surface area contributed by atoms with Crippen molar-refractivity contribution in [2.24, 2.45) is 0 Å². The lowest BCUT2D eigenvalue weighted by Crippen LogP contribution is -2.60. The third-order valence-corrected chi connectivity index (χ3v) is 11.7. The first-order valence-electron chi connectivity index (χ1n) is 17.0. The fraction of sp³-hybridized carbons (Fsp3) is 0.444. The van der Waals surface area contributed by atoms with E-state index in [4.69, 9.17) is 9.47 Å². The Morgan fingerprint density at radius 1 is 0.980 bits per heavy atom. The molecule has 3 aliphatic rings. The molecule has 1 atom stereocenters. The van der Waals surface area contributed by atoms with Crippen molar-refractivity contribution in [3.63, 3.8) is 0 Å². The van der Waals surface area contributed by atoms with E-state index in [1.807, 2.05) is 0 Å². The first kappa shape index (κ1) is 35.1. The summed E-state index contributed by atoms with van der Waals surface area (Å²) in [6.07, 6.45) is 3.04. The molecule has 3 aliphatic heterocycles. The minimum Gasteiger partial charge on any atom is -0.492 e. The summed E-state index contributed by atoms with van der Waals surface area (Å²) in [5, 5.41) is 10.00. The van der Waals surface area contributed by atoms with E-state index in [0.29, 0.717) is 19.1 Å². The zero-order valence-electron chi connectivity index (χ0n) is 28.9. The van der Waals surface area contributed by atoms with Gasteiger partial charge in [0.15, 0.2) is 5.54 Å². The maximum atomic E-state index is 15.4. The van der Waals surface area contributed by atoms with E-state index in [1.54, 1.807) is 43.0 Å². The molecule has 2 saturated heterocycles. The van der Waals surface area contributed by atoms with E-state index < -0.39 is 27.5 Å². The van der Waals surface area contributed by atoms with E-state index in [-0.39, 0.29) is 52.1 Å². The van der Waals surface area contributed by atoms with Crippen molar-refractivity contribution in [2.45, 2.75) is 43.2 Å². The molecule has 2 aromatic carbocycles. The summed E-state index contributed by atoms with van der Waals surface area (Å²) in [4.78, 5) is 42.1. The maximum Gasteiger partial charge on any atom is 0.321 e. The van der Waals surface area contributed by atoms with Crippen LogP contribution in [0.5, 0.6) is 11.6 Å². The number of rotatable bonds is 9. The number of pyridine rings is 1. The first-order valence-corrected chi connectivity index (χ1v) is 18.4. The second-order valence-corrected chi connectivity index (χ2v) is 14.5. The highest BCUT2D eigenvalue weighted by molar-refractivity contribution is 7.93. The summed E-state index contributed by atoms with van der Waals surface area (Å²) in [5.41, 5.74) is -1.54. The molecule has 0 spiro atoms. The molecule has 2 fully saturated rings. The number of nitrogens with zero attached hydrogens (tertiary/aromatic N) is 7. The fourth-order valence-electron chi connectivity index (χ4n) is 7.37. The molecule has 0 bridgehead atoms. The predicted molar refractivity (Wildman–Crippen MR) is 186 cm³/mol. The highest BCUT2D eigenvalue weighted by Crippen LogP contribution is 2.52. The Morgan fingerprint density at radius 2 is 1.68 bits per heavy atom. The number of carbonyl (C=O) groups is 2. The number of hydrogen-bond donors (Lipinski definition) is 0. The number of anilines is 1. The molecule has 0 radical (unpaired) electrons. The summed E-state index contributed by atoms with van der Waals surface area (Å²) < 4.78 is 41.7. The topological polar surface area (TPSA) is 140 Å². The van der Waals surface area contributed by atoms with Gasteiger partial charge in [-0.3, -0.25) is 9.69 Å². The van der Waals surface area contributed by atoms with Gasteiger partial charge in [-0.2, -0.15) is 9.57 Å². The van der Waals surface area contributed by atoms with Gasteiger partial charge < -0.3 is 24.2 Å². The number of piperazine rings is 1. The van der Waals surface area contributed by atoms with Crippen molar-refractivity contribution in [2.75, 3.05) is 70.9 Å². The van der Waals surface area contributed by atoms with Crippen molar-refractivity contribution < 1.29 is 27.5 Å². The van der Waals surface area contributed by atoms with Crippen LogP contribution in [0.1, 0.15) is 43.4 Å². The van der Waals surface area contributed by atoms with Gasteiger partial charge in [-0.15, -0.1) is 0 Å². The van der Waals surface area contributed by atoms with Crippen molar-refractivity contribution in [3.05, 3.63) is 77.5 Å². The van der Waals surface area contributed by atoms with Crippen molar-refractivity contribution in [1.82, 2.24) is 24.6 Å². The lowest BCUT2D eigenvalue weighted by Gasteiger charge is -2.45.